The molecule has 2 fully saturated rings. The maximum atomic E-state index is 5.80. The van der Waals surface area contributed by atoms with Crippen LogP contribution < -0.4 is 0 Å². The summed E-state index contributed by atoms with van der Waals surface area (Å²) in [7, 11) is 0. The van der Waals surface area contributed by atoms with Crippen molar-refractivity contribution < 1.29 is 4.74 Å². The lowest BCUT2D eigenvalue weighted by atomic mass is 10.0. The van der Waals surface area contributed by atoms with Gasteiger partial charge in [0.25, 0.3) is 0 Å². The zero-order valence-electron chi connectivity index (χ0n) is 9.30. The maximum absolute atomic E-state index is 5.80. The van der Waals surface area contributed by atoms with E-state index in [0.29, 0.717) is 0 Å². The van der Waals surface area contributed by atoms with E-state index in [4.69, 9.17) is 4.74 Å². The van der Waals surface area contributed by atoms with Crippen LogP contribution in [-0.2, 0) is 4.74 Å². The van der Waals surface area contributed by atoms with Crippen LogP contribution in [0.4, 0.5) is 0 Å². The molecule has 1 aliphatic heterocycles. The zero-order chi connectivity index (χ0) is 10.5. The third kappa shape index (κ3) is 1.21. The van der Waals surface area contributed by atoms with Gasteiger partial charge >= 0.3 is 0 Å². The van der Waals surface area contributed by atoms with Gasteiger partial charge in [-0.05, 0) is 43.6 Å². The predicted octanol–water partition coefficient (Wildman–Crippen LogP) is 2.71. The fourth-order valence-electron chi connectivity index (χ4n) is 2.99. The van der Waals surface area contributed by atoms with Crippen LogP contribution in [-0.4, -0.2) is 16.4 Å². The summed E-state index contributed by atoms with van der Waals surface area (Å²) in [6, 6.07) is 0. The van der Waals surface area contributed by atoms with E-state index < -0.39 is 0 Å². The van der Waals surface area contributed by atoms with E-state index in [9.17, 15) is 0 Å². The van der Waals surface area contributed by atoms with E-state index in [2.05, 4.69) is 28.1 Å². The number of hydrogen-bond acceptors (Lipinski definition) is 2. The first-order valence-corrected chi connectivity index (χ1v) is 6.31. The first kappa shape index (κ1) is 8.99. The van der Waals surface area contributed by atoms with E-state index in [1.165, 1.54) is 30.5 Å². The van der Waals surface area contributed by atoms with E-state index in [1.807, 2.05) is 0 Å². The minimum Gasteiger partial charge on any atom is -0.356 e. The van der Waals surface area contributed by atoms with Crippen LogP contribution >= 0.6 is 0 Å². The number of fused-ring (bicyclic) bond motifs is 3. The molecule has 1 saturated heterocycles. The van der Waals surface area contributed by atoms with Crippen molar-refractivity contribution in [1.29, 1.82) is 0 Å². The van der Waals surface area contributed by atoms with Crippen LogP contribution in [0, 0.1) is 5.92 Å². The highest BCUT2D eigenvalue weighted by Gasteiger charge is 2.41. The third-order valence-corrected chi connectivity index (χ3v) is 4.03. The summed E-state index contributed by atoms with van der Waals surface area (Å²) < 4.78 is 7.90. The van der Waals surface area contributed by atoms with E-state index in [-0.39, 0.29) is 6.23 Å². The zero-order valence-corrected chi connectivity index (χ0v) is 9.30. The summed E-state index contributed by atoms with van der Waals surface area (Å²) in [4.78, 5) is 0. The van der Waals surface area contributed by atoms with Crippen LogP contribution in [0.1, 0.15) is 49.1 Å². The normalized spacial score (nSPS) is 35.6. The van der Waals surface area contributed by atoms with Gasteiger partial charge in [-0.25, -0.2) is 4.68 Å². The van der Waals surface area contributed by atoms with Crippen molar-refractivity contribution in [2.75, 3.05) is 6.61 Å². The molecule has 0 radical (unpaired) electrons. The van der Waals surface area contributed by atoms with Crippen molar-refractivity contribution >= 4 is 6.08 Å². The van der Waals surface area contributed by atoms with Gasteiger partial charge in [0.05, 0.1) is 11.9 Å². The summed E-state index contributed by atoms with van der Waals surface area (Å²) in [5.74, 6) is 1.56. The van der Waals surface area contributed by atoms with Gasteiger partial charge in [0.15, 0.2) is 6.23 Å². The molecule has 1 aromatic rings. The minimum absolute atomic E-state index is 0.178. The highest BCUT2D eigenvalue weighted by molar-refractivity contribution is 5.57. The molecule has 0 N–H and O–H groups in total. The maximum Gasteiger partial charge on any atom is 0.150 e. The number of hydrogen-bond donors (Lipinski definition) is 0. The lowest BCUT2D eigenvalue weighted by molar-refractivity contribution is -0.0399. The number of rotatable bonds is 1. The number of aromatic nitrogens is 2. The van der Waals surface area contributed by atoms with Gasteiger partial charge in [-0.2, -0.15) is 5.10 Å². The smallest absolute Gasteiger partial charge is 0.150 e. The average Bonchev–Trinajstić information content (AvgIpc) is 3.02. The monoisotopic (exact) mass is 216 g/mol. The van der Waals surface area contributed by atoms with Crippen LogP contribution in [0.25, 0.3) is 6.08 Å². The second kappa shape index (κ2) is 3.20. The molecular formula is C13H16N2O. The summed E-state index contributed by atoms with van der Waals surface area (Å²) in [6.07, 6.45) is 11.7. The number of nitrogens with zero attached hydrogens (tertiary/aromatic N) is 2. The Labute approximate surface area is 95.1 Å². The molecule has 0 bridgehead atoms. The average molecular weight is 216 g/mol. The van der Waals surface area contributed by atoms with Gasteiger partial charge < -0.3 is 4.74 Å². The first-order chi connectivity index (χ1) is 7.93. The Morgan fingerprint density at radius 3 is 3.25 bits per heavy atom. The van der Waals surface area contributed by atoms with Gasteiger partial charge in [-0.3, -0.25) is 0 Å². The van der Waals surface area contributed by atoms with Gasteiger partial charge in [0.2, 0.25) is 0 Å². The van der Waals surface area contributed by atoms with E-state index in [0.717, 1.165) is 24.9 Å². The molecule has 3 unspecified atom stereocenters. The van der Waals surface area contributed by atoms with Crippen molar-refractivity contribution in [2.24, 2.45) is 5.92 Å². The van der Waals surface area contributed by atoms with Crippen LogP contribution in [0.5, 0.6) is 0 Å². The molecule has 84 valence electrons. The minimum atomic E-state index is 0.178. The number of allylic oxidation sites excluding steroid dienone is 1. The molecule has 1 aromatic heterocycles. The van der Waals surface area contributed by atoms with E-state index >= 15 is 0 Å². The lowest BCUT2D eigenvalue weighted by Gasteiger charge is -2.24. The predicted molar refractivity (Wildman–Crippen MR) is 60.9 cm³/mol. The molecular weight excluding hydrogens is 200 g/mol. The largest absolute Gasteiger partial charge is 0.356 e. The Morgan fingerprint density at radius 2 is 2.38 bits per heavy atom. The molecule has 4 rings (SSSR count). The van der Waals surface area contributed by atoms with Crippen molar-refractivity contribution in [3.8, 4) is 0 Å². The number of ether oxygens (including phenoxy) is 1. The molecule has 2 aliphatic carbocycles. The van der Waals surface area contributed by atoms with Gasteiger partial charge in [-0.1, -0.05) is 6.08 Å². The van der Waals surface area contributed by atoms with Crippen molar-refractivity contribution in [2.45, 2.75) is 37.8 Å². The Bertz CT molecular complexity index is 443. The highest BCUT2D eigenvalue weighted by atomic mass is 16.5. The lowest BCUT2D eigenvalue weighted by Crippen LogP contribution is -2.20. The Morgan fingerprint density at radius 1 is 1.38 bits per heavy atom. The van der Waals surface area contributed by atoms with Crippen LogP contribution in [0.3, 0.4) is 0 Å². The first-order valence-electron chi connectivity index (χ1n) is 6.31. The fraction of sp³-hybridized carbons (Fsp3) is 0.615. The molecule has 0 spiro atoms. The van der Waals surface area contributed by atoms with Crippen molar-refractivity contribution in [3.63, 3.8) is 0 Å². The van der Waals surface area contributed by atoms with Crippen molar-refractivity contribution in [3.05, 3.63) is 23.5 Å². The van der Waals surface area contributed by atoms with Gasteiger partial charge in [0, 0.05) is 12.2 Å². The van der Waals surface area contributed by atoms with Gasteiger partial charge in [0.1, 0.15) is 0 Å². The SMILES string of the molecule is C1=CC2CC2c2cnn(C3CCCCO3)c21. The highest BCUT2D eigenvalue weighted by Crippen LogP contribution is 2.52. The molecule has 3 nitrogen and oxygen atoms in total. The summed E-state index contributed by atoms with van der Waals surface area (Å²) >= 11 is 0. The molecule has 0 amide bonds. The van der Waals surface area contributed by atoms with Crippen LogP contribution in [0.2, 0.25) is 0 Å². The molecule has 3 aliphatic rings. The van der Waals surface area contributed by atoms with E-state index in [1.54, 1.807) is 0 Å². The molecule has 16 heavy (non-hydrogen) atoms. The molecule has 2 heterocycles. The summed E-state index contributed by atoms with van der Waals surface area (Å²) in [6.45, 7) is 0.884. The Kier molecular flexibility index (Phi) is 1.80. The Balaban J connectivity index is 1.71. The summed E-state index contributed by atoms with van der Waals surface area (Å²) in [5, 5.41) is 4.54. The third-order valence-electron chi connectivity index (χ3n) is 4.03. The summed E-state index contributed by atoms with van der Waals surface area (Å²) in [5.41, 5.74) is 2.74. The molecule has 1 saturated carbocycles. The Hall–Kier alpha value is -1.09. The second-order valence-corrected chi connectivity index (χ2v) is 5.12. The standard InChI is InChI=1S/C13H16N2O/c1-2-6-16-13(3-1)15-12-5-4-9-7-10(9)11(12)8-14-15/h4-5,8-10,13H,1-3,6-7H2. The topological polar surface area (TPSA) is 27.1 Å². The van der Waals surface area contributed by atoms with Crippen LogP contribution in [0.15, 0.2) is 12.3 Å². The molecule has 0 aromatic carbocycles. The molecule has 3 atom stereocenters. The second-order valence-electron chi connectivity index (χ2n) is 5.12. The van der Waals surface area contributed by atoms with Crippen molar-refractivity contribution in [1.82, 2.24) is 9.78 Å². The van der Waals surface area contributed by atoms with Gasteiger partial charge in [-0.15, -0.1) is 0 Å². The quantitative estimate of drug-likeness (QED) is 0.721. The molecule has 3 heteroatoms. The fourth-order valence-corrected chi connectivity index (χ4v) is 2.99.